The first kappa shape index (κ1) is 19.1. The first-order valence-corrected chi connectivity index (χ1v) is 11.6. The quantitative estimate of drug-likeness (QED) is 0.760. The van der Waals surface area contributed by atoms with Gasteiger partial charge in [0.1, 0.15) is 18.0 Å². The Morgan fingerprint density at radius 1 is 1.24 bits per heavy atom. The van der Waals surface area contributed by atoms with E-state index in [0.29, 0.717) is 37.9 Å². The summed E-state index contributed by atoms with van der Waals surface area (Å²) in [6, 6.07) is 4.36. The van der Waals surface area contributed by atoms with Gasteiger partial charge in [-0.3, -0.25) is 0 Å². The van der Waals surface area contributed by atoms with Crippen molar-refractivity contribution < 1.29 is 17.5 Å². The summed E-state index contributed by atoms with van der Waals surface area (Å²) in [4.78, 5) is 0.0454. The Kier molecular flexibility index (Phi) is 4.52. The first-order valence-electron chi connectivity index (χ1n) is 10.1. The van der Waals surface area contributed by atoms with Gasteiger partial charge in [-0.05, 0) is 55.7 Å². The van der Waals surface area contributed by atoms with Crippen LogP contribution in [0, 0.1) is 18.2 Å². The fraction of sp³-hybridized carbons (Fsp3) is 0.600. The van der Waals surface area contributed by atoms with Crippen molar-refractivity contribution in [1.29, 1.82) is 0 Å². The van der Waals surface area contributed by atoms with Crippen molar-refractivity contribution in [1.82, 2.24) is 19.1 Å². The van der Waals surface area contributed by atoms with Crippen molar-refractivity contribution in [2.24, 2.45) is 5.41 Å². The SMILES string of the molecule is Cc1ccc(F)cc1S(=O)(=O)N1CC(c2nncn2C2CC2)C2(CCOCC2)C1. The zero-order valence-corrected chi connectivity index (χ0v) is 17.2. The van der Waals surface area contributed by atoms with Crippen LogP contribution in [0.5, 0.6) is 0 Å². The molecule has 5 rings (SSSR count). The largest absolute Gasteiger partial charge is 0.381 e. The molecule has 0 radical (unpaired) electrons. The van der Waals surface area contributed by atoms with E-state index in [1.54, 1.807) is 13.3 Å². The highest BCUT2D eigenvalue weighted by Gasteiger charge is 2.53. The van der Waals surface area contributed by atoms with E-state index in [-0.39, 0.29) is 16.2 Å². The van der Waals surface area contributed by atoms with E-state index in [9.17, 15) is 12.8 Å². The highest BCUT2D eigenvalue weighted by molar-refractivity contribution is 7.89. The number of ether oxygens (including phenoxy) is 1. The molecule has 3 fully saturated rings. The van der Waals surface area contributed by atoms with Gasteiger partial charge in [-0.2, -0.15) is 4.31 Å². The molecule has 1 saturated carbocycles. The van der Waals surface area contributed by atoms with Gasteiger partial charge < -0.3 is 9.30 Å². The van der Waals surface area contributed by atoms with Crippen molar-refractivity contribution >= 4 is 10.0 Å². The lowest BCUT2D eigenvalue weighted by Gasteiger charge is -2.37. The second kappa shape index (κ2) is 6.85. The monoisotopic (exact) mass is 420 g/mol. The molecule has 1 aromatic carbocycles. The van der Waals surface area contributed by atoms with Gasteiger partial charge in [0.05, 0.1) is 4.90 Å². The highest BCUT2D eigenvalue weighted by Crippen LogP contribution is 2.51. The predicted molar refractivity (Wildman–Crippen MR) is 103 cm³/mol. The summed E-state index contributed by atoms with van der Waals surface area (Å²) in [7, 11) is -3.81. The van der Waals surface area contributed by atoms with Crippen LogP contribution in [-0.2, 0) is 14.8 Å². The van der Waals surface area contributed by atoms with Crippen LogP contribution < -0.4 is 0 Å². The number of hydrogen-bond donors (Lipinski definition) is 0. The maximum Gasteiger partial charge on any atom is 0.243 e. The molecule has 1 aliphatic carbocycles. The summed E-state index contributed by atoms with van der Waals surface area (Å²) >= 11 is 0. The van der Waals surface area contributed by atoms with Crippen LogP contribution >= 0.6 is 0 Å². The zero-order chi connectivity index (χ0) is 20.2. The van der Waals surface area contributed by atoms with Gasteiger partial charge in [0, 0.05) is 38.3 Å². The summed E-state index contributed by atoms with van der Waals surface area (Å²) < 4.78 is 50.0. The van der Waals surface area contributed by atoms with Crippen molar-refractivity contribution in [2.75, 3.05) is 26.3 Å². The van der Waals surface area contributed by atoms with Crippen molar-refractivity contribution in [3.8, 4) is 0 Å². The van der Waals surface area contributed by atoms with E-state index in [1.165, 1.54) is 16.4 Å². The minimum Gasteiger partial charge on any atom is -0.381 e. The third-order valence-corrected chi connectivity index (χ3v) is 8.68. The molecule has 7 nitrogen and oxygen atoms in total. The third-order valence-electron chi connectivity index (χ3n) is 6.73. The molecule has 0 bridgehead atoms. The van der Waals surface area contributed by atoms with E-state index in [4.69, 9.17) is 4.74 Å². The van der Waals surface area contributed by atoms with Crippen LogP contribution in [0.15, 0.2) is 29.4 Å². The molecule has 156 valence electrons. The van der Waals surface area contributed by atoms with E-state index in [2.05, 4.69) is 14.8 Å². The van der Waals surface area contributed by atoms with E-state index >= 15 is 0 Å². The molecule has 2 aliphatic heterocycles. The molecule has 1 spiro atoms. The molecular formula is C20H25FN4O3S. The van der Waals surface area contributed by atoms with Crippen LogP contribution in [0.1, 0.15) is 49.0 Å². The van der Waals surface area contributed by atoms with Crippen LogP contribution in [0.4, 0.5) is 4.39 Å². The number of sulfonamides is 1. The zero-order valence-electron chi connectivity index (χ0n) is 16.4. The minimum atomic E-state index is -3.81. The molecule has 0 N–H and O–H groups in total. The second-order valence-corrected chi connectivity index (χ2v) is 10.5. The predicted octanol–water partition coefficient (Wildman–Crippen LogP) is 2.65. The van der Waals surface area contributed by atoms with Gasteiger partial charge in [-0.1, -0.05) is 6.07 Å². The van der Waals surface area contributed by atoms with Crippen molar-refractivity contribution in [2.45, 2.75) is 49.5 Å². The maximum atomic E-state index is 13.8. The Balaban J connectivity index is 1.54. The highest BCUT2D eigenvalue weighted by atomic mass is 32.2. The first-order chi connectivity index (χ1) is 13.9. The summed E-state index contributed by atoms with van der Waals surface area (Å²) in [5, 5.41) is 8.56. The summed E-state index contributed by atoms with van der Waals surface area (Å²) in [5.74, 6) is 0.292. The average molecular weight is 421 g/mol. The standard InChI is InChI=1S/C20H25FN4O3S/c1-14-2-3-15(21)10-18(14)29(26,27)24-11-17(20(12-24)6-8-28-9-7-20)19-23-22-13-25(19)16-4-5-16/h2-3,10,13,16-17H,4-9,11-12H2,1H3. The van der Waals surface area contributed by atoms with Gasteiger partial charge in [-0.15, -0.1) is 10.2 Å². The number of aryl methyl sites for hydroxylation is 1. The van der Waals surface area contributed by atoms with Gasteiger partial charge in [0.2, 0.25) is 10.0 Å². The molecule has 3 aliphatic rings. The molecule has 1 aromatic heterocycles. The van der Waals surface area contributed by atoms with Gasteiger partial charge in [0.25, 0.3) is 0 Å². The van der Waals surface area contributed by atoms with Gasteiger partial charge in [0.15, 0.2) is 0 Å². The molecule has 0 amide bonds. The molecule has 9 heteroatoms. The van der Waals surface area contributed by atoms with Crippen molar-refractivity contribution in [3.63, 3.8) is 0 Å². The molecule has 1 unspecified atom stereocenters. The smallest absolute Gasteiger partial charge is 0.243 e. The molecule has 2 saturated heterocycles. The van der Waals surface area contributed by atoms with E-state index < -0.39 is 15.8 Å². The topological polar surface area (TPSA) is 77.3 Å². The minimum absolute atomic E-state index is 0.0434. The van der Waals surface area contributed by atoms with Crippen LogP contribution in [0.2, 0.25) is 0 Å². The lowest BCUT2D eigenvalue weighted by atomic mass is 9.72. The molecular weight excluding hydrogens is 395 g/mol. The molecule has 2 aromatic rings. The number of aromatic nitrogens is 3. The van der Waals surface area contributed by atoms with Crippen LogP contribution in [0.3, 0.4) is 0 Å². The number of benzene rings is 1. The van der Waals surface area contributed by atoms with E-state index in [1.807, 2.05) is 0 Å². The maximum absolute atomic E-state index is 13.8. The lowest BCUT2D eigenvalue weighted by molar-refractivity contribution is 0.0129. The van der Waals surface area contributed by atoms with Crippen molar-refractivity contribution in [3.05, 3.63) is 41.7 Å². The molecule has 1 atom stereocenters. The van der Waals surface area contributed by atoms with Crippen LogP contribution in [0.25, 0.3) is 0 Å². The average Bonchev–Trinajstić information content (AvgIpc) is 3.32. The number of nitrogens with zero attached hydrogens (tertiary/aromatic N) is 4. The number of halogens is 1. The molecule has 29 heavy (non-hydrogen) atoms. The number of rotatable bonds is 4. The second-order valence-electron chi connectivity index (χ2n) is 8.56. The van der Waals surface area contributed by atoms with Crippen LogP contribution in [-0.4, -0.2) is 53.8 Å². The Hall–Kier alpha value is -1.84. The Morgan fingerprint density at radius 2 is 2.00 bits per heavy atom. The third kappa shape index (κ3) is 3.19. The summed E-state index contributed by atoms with van der Waals surface area (Å²) in [5.41, 5.74) is 0.323. The Labute approximate surface area is 169 Å². The fourth-order valence-corrected chi connectivity index (χ4v) is 6.66. The Morgan fingerprint density at radius 3 is 2.72 bits per heavy atom. The van der Waals surface area contributed by atoms with E-state index in [0.717, 1.165) is 37.6 Å². The lowest BCUT2D eigenvalue weighted by Crippen LogP contribution is -2.38. The summed E-state index contributed by atoms with van der Waals surface area (Å²) in [6.45, 7) is 3.66. The molecule has 3 heterocycles. The van der Waals surface area contributed by atoms with Gasteiger partial charge >= 0.3 is 0 Å². The summed E-state index contributed by atoms with van der Waals surface area (Å²) in [6.07, 6.45) is 5.55. The van der Waals surface area contributed by atoms with Gasteiger partial charge in [-0.25, -0.2) is 12.8 Å². The fourth-order valence-electron chi connectivity index (χ4n) is 4.87. The normalized spacial score (nSPS) is 25.0. The Bertz CT molecular complexity index is 1030. The number of hydrogen-bond acceptors (Lipinski definition) is 5.